The topological polar surface area (TPSA) is 62.6 Å². The van der Waals surface area contributed by atoms with Crippen molar-refractivity contribution in [1.29, 1.82) is 0 Å². The van der Waals surface area contributed by atoms with Crippen LogP contribution in [0.3, 0.4) is 0 Å². The lowest BCUT2D eigenvalue weighted by atomic mass is 10.0. The normalized spacial score (nSPS) is 23.9. The van der Waals surface area contributed by atoms with Crippen LogP contribution in [-0.2, 0) is 10.0 Å². The maximum absolute atomic E-state index is 12.8. The average Bonchev–Trinajstić information content (AvgIpc) is 2.90. The van der Waals surface area contributed by atoms with E-state index in [1.807, 2.05) is 18.2 Å². The number of furan rings is 1. The summed E-state index contributed by atoms with van der Waals surface area (Å²) < 4.78 is 34.0. The molecule has 0 radical (unpaired) electrons. The van der Waals surface area contributed by atoms with E-state index < -0.39 is 10.0 Å². The number of likely N-dealkylation sites (tertiary alicyclic amines) is 1. The summed E-state index contributed by atoms with van der Waals surface area (Å²) in [6, 6.07) is 9.59. The van der Waals surface area contributed by atoms with Crippen LogP contribution >= 0.6 is 0 Å². The van der Waals surface area contributed by atoms with E-state index >= 15 is 0 Å². The van der Waals surface area contributed by atoms with Crippen molar-refractivity contribution >= 4 is 21.0 Å². The van der Waals surface area contributed by atoms with Crippen LogP contribution in [0.1, 0.15) is 51.4 Å². The maximum atomic E-state index is 12.8. The molecule has 0 spiro atoms. The van der Waals surface area contributed by atoms with Crippen LogP contribution in [0.2, 0.25) is 0 Å². The summed E-state index contributed by atoms with van der Waals surface area (Å²) in [7, 11) is -3.63. The Morgan fingerprint density at radius 1 is 1.00 bits per heavy atom. The summed E-state index contributed by atoms with van der Waals surface area (Å²) in [4.78, 5) is 2.51. The maximum Gasteiger partial charge on any atom is 0.274 e. The Balaban J connectivity index is 1.45. The molecule has 1 N–H and O–H groups in total. The molecule has 1 aliphatic carbocycles. The van der Waals surface area contributed by atoms with Crippen molar-refractivity contribution in [3.05, 3.63) is 30.3 Å². The number of hydrogen-bond acceptors (Lipinski definition) is 4. The third-order valence-corrected chi connectivity index (χ3v) is 7.16. The number of nitrogens with zero attached hydrogens (tertiary/aromatic N) is 1. The van der Waals surface area contributed by atoms with Crippen molar-refractivity contribution < 1.29 is 12.8 Å². The van der Waals surface area contributed by atoms with E-state index in [-0.39, 0.29) is 11.1 Å². The molecule has 26 heavy (non-hydrogen) atoms. The molecule has 6 heteroatoms. The lowest BCUT2D eigenvalue weighted by Crippen LogP contribution is -2.50. The van der Waals surface area contributed by atoms with Crippen molar-refractivity contribution in [2.24, 2.45) is 0 Å². The third-order valence-electron chi connectivity index (χ3n) is 5.78. The zero-order valence-corrected chi connectivity index (χ0v) is 16.0. The first-order chi connectivity index (χ1) is 12.6. The smallest absolute Gasteiger partial charge is 0.274 e. The Labute approximate surface area is 155 Å². The zero-order valence-electron chi connectivity index (χ0n) is 15.2. The molecule has 1 saturated carbocycles. The average molecular weight is 377 g/mol. The quantitative estimate of drug-likeness (QED) is 0.822. The number of sulfonamides is 1. The summed E-state index contributed by atoms with van der Waals surface area (Å²) in [5.74, 6) is 0. The molecule has 0 unspecified atom stereocenters. The number of piperidine rings is 1. The van der Waals surface area contributed by atoms with Gasteiger partial charge < -0.3 is 4.42 Å². The minimum atomic E-state index is -3.63. The summed E-state index contributed by atoms with van der Waals surface area (Å²) in [5, 5.41) is 0.835. The molecule has 142 valence electrons. The molecular weight excluding hydrogens is 348 g/mol. The minimum absolute atomic E-state index is 0.0188. The van der Waals surface area contributed by atoms with Gasteiger partial charge >= 0.3 is 0 Å². The van der Waals surface area contributed by atoms with Gasteiger partial charge in [-0.1, -0.05) is 43.9 Å². The Morgan fingerprint density at radius 2 is 1.77 bits per heavy atom. The summed E-state index contributed by atoms with van der Waals surface area (Å²) in [5.41, 5.74) is 0.608. The molecule has 1 saturated heterocycles. The molecule has 0 bridgehead atoms. The van der Waals surface area contributed by atoms with Gasteiger partial charge in [0.05, 0.1) is 0 Å². The van der Waals surface area contributed by atoms with Crippen LogP contribution in [0.15, 0.2) is 39.8 Å². The fourth-order valence-corrected chi connectivity index (χ4v) is 5.65. The molecule has 5 nitrogen and oxygen atoms in total. The fraction of sp³-hybridized carbons (Fsp3) is 0.600. The second kappa shape index (κ2) is 7.71. The van der Waals surface area contributed by atoms with E-state index in [0.717, 1.165) is 31.3 Å². The van der Waals surface area contributed by atoms with Gasteiger partial charge in [0.15, 0.2) is 0 Å². The highest BCUT2D eigenvalue weighted by Gasteiger charge is 2.30. The number of nitrogens with one attached hydrogen (secondary N) is 1. The van der Waals surface area contributed by atoms with Crippen LogP contribution in [0.5, 0.6) is 0 Å². The highest BCUT2D eigenvalue weighted by atomic mass is 32.2. The first kappa shape index (κ1) is 18.0. The molecule has 1 aromatic carbocycles. The van der Waals surface area contributed by atoms with Gasteiger partial charge in [-0.05, 0) is 38.3 Å². The van der Waals surface area contributed by atoms with Gasteiger partial charge in [-0.15, -0.1) is 0 Å². The molecule has 2 aromatic rings. The molecule has 1 aliphatic heterocycles. The minimum Gasteiger partial charge on any atom is -0.443 e. The predicted octanol–water partition coefficient (Wildman–Crippen LogP) is 3.90. The second-order valence-electron chi connectivity index (χ2n) is 7.70. The number of benzene rings is 1. The van der Waals surface area contributed by atoms with Crippen molar-refractivity contribution in [2.45, 2.75) is 68.5 Å². The lowest BCUT2D eigenvalue weighted by molar-refractivity contribution is 0.132. The van der Waals surface area contributed by atoms with Gasteiger partial charge in [-0.3, -0.25) is 4.90 Å². The molecule has 2 fully saturated rings. The number of para-hydroxylation sites is 1. The van der Waals surface area contributed by atoms with Crippen LogP contribution in [0, 0.1) is 0 Å². The zero-order chi connectivity index (χ0) is 18.0. The first-order valence-electron chi connectivity index (χ1n) is 9.87. The highest BCUT2D eigenvalue weighted by Crippen LogP contribution is 2.26. The largest absolute Gasteiger partial charge is 0.443 e. The van der Waals surface area contributed by atoms with Crippen LogP contribution in [0.4, 0.5) is 0 Å². The Kier molecular flexibility index (Phi) is 5.34. The van der Waals surface area contributed by atoms with Gasteiger partial charge in [-0.25, -0.2) is 13.1 Å². The highest BCUT2D eigenvalue weighted by molar-refractivity contribution is 7.89. The SMILES string of the molecule is O=S(=O)(N[C@@H]1CCCN(C2CCCCCC2)C1)c1cc2ccccc2o1. The van der Waals surface area contributed by atoms with Crippen molar-refractivity contribution in [1.82, 2.24) is 9.62 Å². The summed E-state index contributed by atoms with van der Waals surface area (Å²) >= 11 is 0. The lowest BCUT2D eigenvalue weighted by Gasteiger charge is -2.38. The van der Waals surface area contributed by atoms with Crippen molar-refractivity contribution in [3.8, 4) is 0 Å². The Morgan fingerprint density at radius 3 is 2.54 bits per heavy atom. The molecule has 0 amide bonds. The van der Waals surface area contributed by atoms with E-state index in [1.165, 1.54) is 38.5 Å². The van der Waals surface area contributed by atoms with E-state index in [0.29, 0.717) is 11.6 Å². The standard InChI is InChI=1S/C20H28N2O3S/c23-26(24,20-14-16-8-5-6-12-19(16)25-20)21-17-9-7-13-22(15-17)18-10-3-1-2-4-11-18/h5-6,8,12,14,17-18,21H,1-4,7,9-11,13,15H2/t17-/m1/s1. The summed E-state index contributed by atoms with van der Waals surface area (Å²) in [6.07, 6.45) is 9.73. The van der Waals surface area contributed by atoms with E-state index in [9.17, 15) is 8.42 Å². The molecule has 2 heterocycles. The number of rotatable bonds is 4. The van der Waals surface area contributed by atoms with Gasteiger partial charge in [0, 0.05) is 30.1 Å². The third kappa shape index (κ3) is 3.97. The predicted molar refractivity (Wildman–Crippen MR) is 103 cm³/mol. The molecule has 4 rings (SSSR count). The van der Waals surface area contributed by atoms with E-state index in [2.05, 4.69) is 9.62 Å². The monoisotopic (exact) mass is 376 g/mol. The van der Waals surface area contributed by atoms with Crippen LogP contribution in [-0.4, -0.2) is 38.5 Å². The summed E-state index contributed by atoms with van der Waals surface area (Å²) in [6.45, 7) is 1.90. The molecule has 1 atom stereocenters. The van der Waals surface area contributed by atoms with Gasteiger partial charge in [0.25, 0.3) is 10.0 Å². The van der Waals surface area contributed by atoms with Gasteiger partial charge in [-0.2, -0.15) is 0 Å². The first-order valence-corrected chi connectivity index (χ1v) is 11.4. The fourth-order valence-electron chi connectivity index (χ4n) is 4.42. The molecule has 2 aliphatic rings. The second-order valence-corrected chi connectivity index (χ2v) is 9.35. The van der Waals surface area contributed by atoms with Gasteiger partial charge in [0.1, 0.15) is 5.58 Å². The molecule has 1 aromatic heterocycles. The Hall–Kier alpha value is -1.37. The number of hydrogen-bond donors (Lipinski definition) is 1. The van der Waals surface area contributed by atoms with Gasteiger partial charge in [0.2, 0.25) is 5.09 Å². The van der Waals surface area contributed by atoms with Crippen molar-refractivity contribution in [2.75, 3.05) is 13.1 Å². The number of fused-ring (bicyclic) bond motifs is 1. The molecular formula is C20H28N2O3S. The van der Waals surface area contributed by atoms with E-state index in [4.69, 9.17) is 4.42 Å². The van der Waals surface area contributed by atoms with Crippen LogP contribution in [0.25, 0.3) is 11.0 Å². The van der Waals surface area contributed by atoms with E-state index in [1.54, 1.807) is 12.1 Å². The Bertz CT molecular complexity index is 805. The van der Waals surface area contributed by atoms with Crippen LogP contribution < -0.4 is 4.72 Å². The van der Waals surface area contributed by atoms with Crippen molar-refractivity contribution in [3.63, 3.8) is 0 Å².